The van der Waals surface area contributed by atoms with E-state index < -0.39 is 15.9 Å². The Hall–Kier alpha value is -2.09. The van der Waals surface area contributed by atoms with Gasteiger partial charge < -0.3 is 4.74 Å². The summed E-state index contributed by atoms with van der Waals surface area (Å²) in [5.74, 6) is -0.162. The molecule has 0 fully saturated rings. The van der Waals surface area contributed by atoms with Crippen LogP contribution in [0.5, 0.6) is 5.75 Å². The molecule has 0 aliphatic rings. The van der Waals surface area contributed by atoms with Crippen LogP contribution in [0.4, 0.5) is 0 Å². The zero-order valence-electron chi connectivity index (χ0n) is 12.2. The highest BCUT2D eigenvalue weighted by Crippen LogP contribution is 2.20. The number of benzene rings is 2. The molecule has 0 spiro atoms. The van der Waals surface area contributed by atoms with E-state index in [1.165, 1.54) is 12.1 Å². The van der Waals surface area contributed by atoms with Crippen LogP contribution < -0.4 is 15.0 Å². The van der Waals surface area contributed by atoms with Gasteiger partial charge in [-0.05, 0) is 42.8 Å². The van der Waals surface area contributed by atoms with E-state index in [1.807, 2.05) is 11.8 Å². The second-order valence-corrected chi connectivity index (χ2v) is 6.76. The molecule has 1 amide bonds. The van der Waals surface area contributed by atoms with Gasteiger partial charge in [-0.25, -0.2) is 8.42 Å². The number of sulfonamides is 1. The van der Waals surface area contributed by atoms with Gasteiger partial charge in [0, 0.05) is 5.02 Å². The third kappa shape index (κ3) is 4.95. The molecular weight excluding hydrogens is 340 g/mol. The van der Waals surface area contributed by atoms with Crippen LogP contribution in [0.3, 0.4) is 0 Å². The maximum Gasteiger partial charge on any atom is 0.272 e. The minimum Gasteiger partial charge on any atom is -0.484 e. The van der Waals surface area contributed by atoms with Crippen molar-refractivity contribution in [2.75, 3.05) is 6.61 Å². The van der Waals surface area contributed by atoms with Crippen molar-refractivity contribution in [2.24, 2.45) is 0 Å². The van der Waals surface area contributed by atoms with Crippen LogP contribution in [0.15, 0.2) is 53.4 Å². The fourth-order valence-corrected chi connectivity index (χ4v) is 2.67. The minimum absolute atomic E-state index is 0.0505. The van der Waals surface area contributed by atoms with Gasteiger partial charge >= 0.3 is 0 Å². The van der Waals surface area contributed by atoms with Crippen LogP contribution in [0.1, 0.15) is 5.56 Å². The van der Waals surface area contributed by atoms with Crippen molar-refractivity contribution in [1.82, 2.24) is 10.3 Å². The number of nitrogens with one attached hydrogen (secondary N) is 2. The molecule has 122 valence electrons. The number of rotatable bonds is 6. The summed E-state index contributed by atoms with van der Waals surface area (Å²) >= 11 is 5.89. The Labute approximate surface area is 139 Å². The van der Waals surface area contributed by atoms with Crippen molar-refractivity contribution in [3.05, 3.63) is 59.1 Å². The smallest absolute Gasteiger partial charge is 0.272 e. The molecule has 23 heavy (non-hydrogen) atoms. The Kier molecular flexibility index (Phi) is 5.59. The molecule has 2 rings (SSSR count). The lowest BCUT2D eigenvalue weighted by atomic mass is 10.2. The van der Waals surface area contributed by atoms with E-state index >= 15 is 0 Å². The summed E-state index contributed by atoms with van der Waals surface area (Å²) in [4.78, 5) is 13.7. The van der Waals surface area contributed by atoms with Gasteiger partial charge in [-0.3, -0.25) is 10.2 Å². The lowest BCUT2D eigenvalue weighted by Crippen LogP contribution is -2.43. The number of hydrogen-bond donors (Lipinski definition) is 2. The summed E-state index contributed by atoms with van der Waals surface area (Å²) in [5, 5.41) is 0.595. The van der Waals surface area contributed by atoms with Crippen molar-refractivity contribution in [3.8, 4) is 5.75 Å². The second-order valence-electron chi connectivity index (χ2n) is 4.67. The first-order valence-corrected chi connectivity index (χ1v) is 8.49. The zero-order valence-corrected chi connectivity index (χ0v) is 13.8. The summed E-state index contributed by atoms with van der Waals surface area (Å²) in [5.41, 5.74) is 2.90. The molecule has 0 radical (unpaired) electrons. The van der Waals surface area contributed by atoms with Crippen LogP contribution in [0.2, 0.25) is 5.02 Å². The maximum atomic E-state index is 11.9. The van der Waals surface area contributed by atoms with E-state index in [1.54, 1.807) is 36.4 Å². The van der Waals surface area contributed by atoms with Crippen molar-refractivity contribution in [3.63, 3.8) is 0 Å². The molecule has 2 aromatic carbocycles. The number of aryl methyl sites for hydroxylation is 1. The predicted octanol–water partition coefficient (Wildman–Crippen LogP) is 2.04. The highest BCUT2D eigenvalue weighted by molar-refractivity contribution is 7.89. The summed E-state index contributed by atoms with van der Waals surface area (Å²) < 4.78 is 29.1. The van der Waals surface area contributed by atoms with Gasteiger partial charge in [0.05, 0.1) is 4.90 Å². The van der Waals surface area contributed by atoms with E-state index in [0.717, 1.165) is 5.56 Å². The Balaban J connectivity index is 1.87. The number of carbonyl (C=O) groups excluding carboxylic acids is 1. The Morgan fingerprint density at radius 1 is 1.17 bits per heavy atom. The number of carbonyl (C=O) groups is 1. The fraction of sp³-hybridized carbons (Fsp3) is 0.133. The van der Waals surface area contributed by atoms with Gasteiger partial charge in [0.1, 0.15) is 5.75 Å². The molecule has 2 N–H and O–H groups in total. The number of hydrazine groups is 1. The van der Waals surface area contributed by atoms with E-state index in [9.17, 15) is 13.2 Å². The van der Waals surface area contributed by atoms with Crippen LogP contribution in [-0.2, 0) is 14.8 Å². The third-order valence-corrected chi connectivity index (χ3v) is 4.57. The Morgan fingerprint density at radius 3 is 2.52 bits per heavy atom. The SMILES string of the molecule is Cc1cc(OCC(=O)NNS(=O)(=O)c2ccccc2)ccc1Cl. The fourth-order valence-electron chi connectivity index (χ4n) is 1.67. The molecular formula is C15H15ClN2O4S. The van der Waals surface area contributed by atoms with Gasteiger partial charge in [-0.2, -0.15) is 0 Å². The van der Waals surface area contributed by atoms with Gasteiger partial charge in [0.15, 0.2) is 6.61 Å². The number of hydrogen-bond acceptors (Lipinski definition) is 4. The summed E-state index contributed by atoms with van der Waals surface area (Å²) in [6, 6.07) is 12.7. The van der Waals surface area contributed by atoms with Crippen LogP contribution in [-0.4, -0.2) is 20.9 Å². The predicted molar refractivity (Wildman–Crippen MR) is 86.6 cm³/mol. The molecule has 0 unspecified atom stereocenters. The van der Waals surface area contributed by atoms with Crippen molar-refractivity contribution < 1.29 is 17.9 Å². The summed E-state index contributed by atoms with van der Waals surface area (Å²) in [6.07, 6.45) is 0. The molecule has 0 saturated heterocycles. The standard InChI is InChI=1S/C15H15ClN2O4S/c1-11-9-12(7-8-14(11)16)22-10-15(19)17-18-23(20,21)13-5-3-2-4-6-13/h2-9,18H,10H2,1H3,(H,17,19). The zero-order chi connectivity index (χ0) is 16.9. The molecule has 0 aliphatic carbocycles. The van der Waals surface area contributed by atoms with Crippen LogP contribution >= 0.6 is 11.6 Å². The average Bonchev–Trinajstić information content (AvgIpc) is 2.55. The molecule has 6 nitrogen and oxygen atoms in total. The van der Waals surface area contributed by atoms with Crippen molar-refractivity contribution in [1.29, 1.82) is 0 Å². The van der Waals surface area contributed by atoms with Gasteiger partial charge in [-0.1, -0.05) is 29.8 Å². The summed E-state index contributed by atoms with van der Waals surface area (Å²) in [6.45, 7) is 1.47. The highest BCUT2D eigenvalue weighted by Gasteiger charge is 2.14. The molecule has 0 atom stereocenters. The van der Waals surface area contributed by atoms with Gasteiger partial charge in [0.25, 0.3) is 15.9 Å². The van der Waals surface area contributed by atoms with Crippen molar-refractivity contribution >= 4 is 27.5 Å². The van der Waals surface area contributed by atoms with Crippen LogP contribution in [0, 0.1) is 6.92 Å². The average molecular weight is 355 g/mol. The van der Waals surface area contributed by atoms with E-state index in [0.29, 0.717) is 10.8 Å². The minimum atomic E-state index is -3.81. The summed E-state index contributed by atoms with van der Waals surface area (Å²) in [7, 11) is -3.81. The molecule has 0 aliphatic heterocycles. The molecule has 0 heterocycles. The largest absolute Gasteiger partial charge is 0.484 e. The van der Waals surface area contributed by atoms with Gasteiger partial charge in [0.2, 0.25) is 0 Å². The number of ether oxygens (including phenoxy) is 1. The Bertz CT molecular complexity index is 794. The maximum absolute atomic E-state index is 11.9. The second kappa shape index (κ2) is 7.45. The van der Waals surface area contributed by atoms with E-state index in [-0.39, 0.29) is 11.5 Å². The number of amides is 1. The van der Waals surface area contributed by atoms with Gasteiger partial charge in [-0.15, -0.1) is 4.83 Å². The molecule has 0 aromatic heterocycles. The monoisotopic (exact) mass is 354 g/mol. The quantitative estimate of drug-likeness (QED) is 0.777. The third-order valence-electron chi connectivity index (χ3n) is 2.88. The van der Waals surface area contributed by atoms with E-state index in [4.69, 9.17) is 16.3 Å². The first-order chi connectivity index (χ1) is 10.9. The number of halogens is 1. The first kappa shape index (κ1) is 17.3. The van der Waals surface area contributed by atoms with Crippen LogP contribution in [0.25, 0.3) is 0 Å². The first-order valence-electron chi connectivity index (χ1n) is 6.63. The molecule has 2 aromatic rings. The van der Waals surface area contributed by atoms with E-state index in [2.05, 4.69) is 5.43 Å². The lowest BCUT2D eigenvalue weighted by molar-refractivity contribution is -0.123. The Morgan fingerprint density at radius 2 is 1.87 bits per heavy atom. The van der Waals surface area contributed by atoms with Crippen molar-refractivity contribution in [2.45, 2.75) is 11.8 Å². The molecule has 0 bridgehead atoms. The highest BCUT2D eigenvalue weighted by atomic mass is 35.5. The lowest BCUT2D eigenvalue weighted by Gasteiger charge is -2.10. The molecule has 0 saturated carbocycles. The topological polar surface area (TPSA) is 84.5 Å². The normalized spacial score (nSPS) is 11.0. The molecule has 8 heteroatoms.